The number of benzene rings is 2. The number of carbonyl (C=O) groups excluding carboxylic acids is 1. The SMILES string of the molecule is Nc1cc(C(=O)Nc2ccc(Br)cc2)c(OCC(F)F)cc1NC1CC1. The van der Waals surface area contributed by atoms with Crippen LogP contribution in [0.5, 0.6) is 5.75 Å². The van der Waals surface area contributed by atoms with E-state index in [1.807, 2.05) is 0 Å². The minimum Gasteiger partial charge on any atom is -0.487 e. The molecule has 8 heteroatoms. The van der Waals surface area contributed by atoms with Gasteiger partial charge in [0.2, 0.25) is 0 Å². The summed E-state index contributed by atoms with van der Waals surface area (Å²) < 4.78 is 31.2. The van der Waals surface area contributed by atoms with Crippen LogP contribution in [-0.2, 0) is 0 Å². The van der Waals surface area contributed by atoms with Crippen molar-refractivity contribution in [2.45, 2.75) is 25.3 Å². The summed E-state index contributed by atoms with van der Waals surface area (Å²) in [5.41, 5.74) is 7.64. The first-order valence-electron chi connectivity index (χ1n) is 8.10. The Labute approximate surface area is 158 Å². The van der Waals surface area contributed by atoms with Crippen LogP contribution in [-0.4, -0.2) is 25.0 Å². The van der Waals surface area contributed by atoms with E-state index in [0.29, 0.717) is 23.1 Å². The molecule has 4 N–H and O–H groups in total. The van der Waals surface area contributed by atoms with E-state index in [-0.39, 0.29) is 11.3 Å². The Hall–Kier alpha value is -2.35. The van der Waals surface area contributed by atoms with E-state index in [4.69, 9.17) is 10.5 Å². The molecule has 0 aliphatic heterocycles. The van der Waals surface area contributed by atoms with E-state index >= 15 is 0 Å². The number of halogens is 3. The lowest BCUT2D eigenvalue weighted by molar-refractivity contribution is 0.0803. The average Bonchev–Trinajstić information content (AvgIpc) is 3.41. The molecule has 2 aromatic rings. The van der Waals surface area contributed by atoms with Gasteiger partial charge in [0.15, 0.2) is 0 Å². The maximum atomic E-state index is 12.6. The van der Waals surface area contributed by atoms with Crippen molar-refractivity contribution in [1.29, 1.82) is 0 Å². The Morgan fingerprint density at radius 3 is 2.58 bits per heavy atom. The molecule has 3 rings (SSSR count). The molecule has 1 aliphatic rings. The molecule has 138 valence electrons. The van der Waals surface area contributed by atoms with Gasteiger partial charge in [-0.3, -0.25) is 4.79 Å². The molecule has 0 heterocycles. The van der Waals surface area contributed by atoms with Crippen LogP contribution >= 0.6 is 15.9 Å². The van der Waals surface area contributed by atoms with Gasteiger partial charge in [-0.05, 0) is 43.2 Å². The lowest BCUT2D eigenvalue weighted by Crippen LogP contribution is -2.17. The molecule has 2 aromatic carbocycles. The lowest BCUT2D eigenvalue weighted by atomic mass is 10.1. The van der Waals surface area contributed by atoms with E-state index in [2.05, 4.69) is 26.6 Å². The second kappa shape index (κ2) is 7.90. The van der Waals surface area contributed by atoms with Gasteiger partial charge in [-0.2, -0.15) is 0 Å². The molecule has 0 atom stereocenters. The largest absolute Gasteiger partial charge is 0.487 e. The number of hydrogen-bond acceptors (Lipinski definition) is 4. The Balaban J connectivity index is 1.85. The third kappa shape index (κ3) is 4.85. The number of alkyl halides is 2. The van der Waals surface area contributed by atoms with Crippen LogP contribution in [0.15, 0.2) is 40.9 Å². The molecule has 1 fully saturated rings. The second-order valence-electron chi connectivity index (χ2n) is 6.02. The molecule has 0 spiro atoms. The van der Waals surface area contributed by atoms with Crippen LogP contribution < -0.4 is 21.1 Å². The molecule has 26 heavy (non-hydrogen) atoms. The van der Waals surface area contributed by atoms with Crippen LogP contribution in [0.3, 0.4) is 0 Å². The monoisotopic (exact) mass is 425 g/mol. The number of nitrogens with two attached hydrogens (primary N) is 1. The molecular formula is C18H18BrF2N3O2. The zero-order chi connectivity index (χ0) is 18.7. The summed E-state index contributed by atoms with van der Waals surface area (Å²) >= 11 is 3.32. The maximum Gasteiger partial charge on any atom is 0.272 e. The van der Waals surface area contributed by atoms with E-state index in [1.165, 1.54) is 12.1 Å². The maximum absolute atomic E-state index is 12.6. The van der Waals surface area contributed by atoms with E-state index in [9.17, 15) is 13.6 Å². The van der Waals surface area contributed by atoms with Crippen molar-refractivity contribution in [3.8, 4) is 5.75 Å². The fraction of sp³-hybridized carbons (Fsp3) is 0.278. The van der Waals surface area contributed by atoms with Gasteiger partial charge in [-0.15, -0.1) is 0 Å². The smallest absolute Gasteiger partial charge is 0.272 e. The van der Waals surface area contributed by atoms with Crippen LogP contribution in [0.1, 0.15) is 23.2 Å². The first-order chi connectivity index (χ1) is 12.4. The van der Waals surface area contributed by atoms with Crippen LogP contribution in [0.4, 0.5) is 25.8 Å². The first-order valence-corrected chi connectivity index (χ1v) is 8.89. The third-order valence-electron chi connectivity index (χ3n) is 3.80. The van der Waals surface area contributed by atoms with E-state index < -0.39 is 18.9 Å². The molecule has 0 radical (unpaired) electrons. The fourth-order valence-electron chi connectivity index (χ4n) is 2.35. The predicted octanol–water partition coefficient (Wildman–Crippen LogP) is 4.50. The molecule has 1 amide bonds. The first kappa shape index (κ1) is 18.4. The Morgan fingerprint density at radius 2 is 1.96 bits per heavy atom. The summed E-state index contributed by atoms with van der Waals surface area (Å²) in [4.78, 5) is 12.6. The summed E-state index contributed by atoms with van der Waals surface area (Å²) in [5, 5.41) is 5.91. The van der Waals surface area contributed by atoms with E-state index in [1.54, 1.807) is 24.3 Å². The number of amides is 1. The highest BCUT2D eigenvalue weighted by atomic mass is 79.9. The number of hydrogen-bond donors (Lipinski definition) is 3. The number of anilines is 3. The van der Waals surface area contributed by atoms with Crippen molar-refractivity contribution in [1.82, 2.24) is 0 Å². The van der Waals surface area contributed by atoms with Crippen molar-refractivity contribution < 1.29 is 18.3 Å². The lowest BCUT2D eigenvalue weighted by Gasteiger charge is -2.16. The van der Waals surface area contributed by atoms with Gasteiger partial charge in [0.1, 0.15) is 12.4 Å². The van der Waals surface area contributed by atoms with E-state index in [0.717, 1.165) is 17.3 Å². The highest BCUT2D eigenvalue weighted by Crippen LogP contribution is 2.34. The minimum absolute atomic E-state index is 0.0669. The third-order valence-corrected chi connectivity index (χ3v) is 4.33. The summed E-state index contributed by atoms with van der Waals surface area (Å²) in [6.07, 6.45) is -0.591. The highest BCUT2D eigenvalue weighted by molar-refractivity contribution is 9.10. The second-order valence-corrected chi connectivity index (χ2v) is 6.93. The van der Waals surface area contributed by atoms with Crippen molar-refractivity contribution in [2.24, 2.45) is 0 Å². The Kier molecular flexibility index (Phi) is 5.61. The molecule has 0 saturated heterocycles. The predicted molar refractivity (Wildman–Crippen MR) is 101 cm³/mol. The normalized spacial score (nSPS) is 13.5. The van der Waals surface area contributed by atoms with Crippen molar-refractivity contribution >= 4 is 38.9 Å². The Bertz CT molecular complexity index is 796. The quantitative estimate of drug-likeness (QED) is 0.570. The zero-order valence-corrected chi connectivity index (χ0v) is 15.4. The Morgan fingerprint density at radius 1 is 1.27 bits per heavy atom. The minimum atomic E-state index is -2.64. The number of carbonyl (C=O) groups is 1. The van der Waals surface area contributed by atoms with Crippen LogP contribution in [0, 0.1) is 0 Å². The van der Waals surface area contributed by atoms with Gasteiger partial charge in [-0.25, -0.2) is 8.78 Å². The van der Waals surface area contributed by atoms with Crippen molar-refractivity contribution in [2.75, 3.05) is 23.0 Å². The molecule has 0 aromatic heterocycles. The topological polar surface area (TPSA) is 76.4 Å². The van der Waals surface area contributed by atoms with Gasteiger partial charge in [0.25, 0.3) is 12.3 Å². The zero-order valence-electron chi connectivity index (χ0n) is 13.8. The average molecular weight is 426 g/mol. The number of ether oxygens (including phenoxy) is 1. The van der Waals surface area contributed by atoms with Crippen molar-refractivity contribution in [3.05, 3.63) is 46.4 Å². The fourth-order valence-corrected chi connectivity index (χ4v) is 2.61. The summed E-state index contributed by atoms with van der Waals surface area (Å²) in [7, 11) is 0. The highest BCUT2D eigenvalue weighted by Gasteiger charge is 2.24. The number of nitrogens with one attached hydrogen (secondary N) is 2. The molecule has 1 saturated carbocycles. The molecule has 0 bridgehead atoms. The summed E-state index contributed by atoms with van der Waals surface area (Å²) in [6, 6.07) is 10.3. The number of nitrogen functional groups attached to an aromatic ring is 1. The standard InChI is InChI=1S/C18H18BrF2N3O2/c19-10-1-3-12(4-2-10)24-18(25)13-7-14(22)15(23-11-5-6-11)8-16(13)26-9-17(20)21/h1-4,7-8,11,17,23H,5-6,9,22H2,(H,24,25). The van der Waals surface area contributed by atoms with Crippen LogP contribution in [0.2, 0.25) is 0 Å². The van der Waals surface area contributed by atoms with Gasteiger partial charge < -0.3 is 21.1 Å². The van der Waals surface area contributed by atoms with Crippen LogP contribution in [0.25, 0.3) is 0 Å². The summed E-state index contributed by atoms with van der Waals surface area (Å²) in [6.45, 7) is -0.800. The number of rotatable bonds is 7. The molecular weight excluding hydrogens is 408 g/mol. The molecule has 1 aliphatic carbocycles. The van der Waals surface area contributed by atoms with Gasteiger partial charge in [0.05, 0.1) is 16.9 Å². The molecule has 5 nitrogen and oxygen atoms in total. The van der Waals surface area contributed by atoms with Gasteiger partial charge >= 0.3 is 0 Å². The molecule has 0 unspecified atom stereocenters. The van der Waals surface area contributed by atoms with Crippen molar-refractivity contribution in [3.63, 3.8) is 0 Å². The summed E-state index contributed by atoms with van der Waals surface area (Å²) in [5.74, 6) is -0.418. The van der Waals surface area contributed by atoms with Gasteiger partial charge in [-0.1, -0.05) is 15.9 Å². The van der Waals surface area contributed by atoms with Gasteiger partial charge in [0, 0.05) is 22.3 Å².